The van der Waals surface area contributed by atoms with Crippen LogP contribution >= 0.6 is 0 Å². The van der Waals surface area contributed by atoms with Crippen molar-refractivity contribution in [1.29, 1.82) is 0 Å². The van der Waals surface area contributed by atoms with E-state index < -0.39 is 16.1 Å². The van der Waals surface area contributed by atoms with E-state index in [1.165, 1.54) is 85.1 Å². The molecule has 3 heterocycles. The van der Waals surface area contributed by atoms with Crippen LogP contribution in [0.2, 0.25) is 0 Å². The Morgan fingerprint density at radius 2 is 0.636 bits per heavy atom. The summed E-state index contributed by atoms with van der Waals surface area (Å²) in [5, 5.41) is 17.8. The van der Waals surface area contributed by atoms with Crippen LogP contribution in [0.3, 0.4) is 0 Å². The van der Waals surface area contributed by atoms with Crippen molar-refractivity contribution < 1.29 is 4.42 Å². The Labute approximate surface area is 448 Å². The molecule has 0 saturated heterocycles. The summed E-state index contributed by atoms with van der Waals surface area (Å²) in [5.41, 5.74) is 8.79. The predicted molar refractivity (Wildman–Crippen MR) is 330 cm³/mol. The molecule has 12 aromatic carbocycles. The van der Waals surface area contributed by atoms with Crippen LogP contribution in [0.1, 0.15) is 0 Å². The number of nitrogens with zero attached hydrogens (tertiary/aromatic N) is 2. The van der Waals surface area contributed by atoms with Crippen molar-refractivity contribution >= 4 is 123 Å². The van der Waals surface area contributed by atoms with E-state index in [9.17, 15) is 0 Å². The molecule has 0 amide bonds. The molecule has 5 heteroatoms. The summed E-state index contributed by atoms with van der Waals surface area (Å²) in [6, 6.07) is 113. The molecule has 0 atom stereocenters. The van der Waals surface area contributed by atoms with Gasteiger partial charge in [-0.3, -0.25) is 0 Å². The predicted octanol–water partition coefficient (Wildman–Crippen LogP) is 12.5. The van der Waals surface area contributed by atoms with Crippen LogP contribution < -0.4 is 41.5 Å². The van der Waals surface area contributed by atoms with Crippen LogP contribution in [-0.4, -0.2) is 25.3 Å². The van der Waals surface area contributed by atoms with Gasteiger partial charge in [-0.2, -0.15) is 0 Å². The highest BCUT2D eigenvalue weighted by molar-refractivity contribution is 7.20. The minimum Gasteiger partial charge on any atom is -0.456 e. The van der Waals surface area contributed by atoms with Crippen molar-refractivity contribution in [2.24, 2.45) is 0 Å². The van der Waals surface area contributed by atoms with Gasteiger partial charge in [0.05, 0.1) is 22.1 Å². The first-order valence-corrected chi connectivity index (χ1v) is 30.6. The van der Waals surface area contributed by atoms with Crippen LogP contribution in [0.4, 0.5) is 0 Å². The summed E-state index contributed by atoms with van der Waals surface area (Å²) in [4.78, 5) is 0. The van der Waals surface area contributed by atoms with Crippen molar-refractivity contribution in [3.05, 3.63) is 303 Å². The van der Waals surface area contributed by atoms with Crippen molar-refractivity contribution in [2.75, 3.05) is 0 Å². The molecule has 0 saturated carbocycles. The summed E-state index contributed by atoms with van der Waals surface area (Å²) >= 11 is 0. The number of rotatable bonds is 10. The third kappa shape index (κ3) is 6.81. The molecular formula is C72H50N2OSi2. The molecule has 0 bridgehead atoms. The van der Waals surface area contributed by atoms with Gasteiger partial charge in [0.15, 0.2) is 16.1 Å². The lowest BCUT2D eigenvalue weighted by molar-refractivity contribution is 0.669. The van der Waals surface area contributed by atoms with E-state index in [0.29, 0.717) is 0 Å². The van der Waals surface area contributed by atoms with Crippen molar-refractivity contribution in [2.45, 2.75) is 0 Å². The molecule has 77 heavy (non-hydrogen) atoms. The number of fused-ring (bicyclic) bond motifs is 10. The van der Waals surface area contributed by atoms with Gasteiger partial charge in [0.1, 0.15) is 11.2 Å². The number of hydrogen-bond acceptors (Lipinski definition) is 1. The second-order valence-corrected chi connectivity index (χ2v) is 27.9. The molecule has 362 valence electrons. The Morgan fingerprint density at radius 1 is 0.234 bits per heavy atom. The van der Waals surface area contributed by atoms with Crippen molar-refractivity contribution in [3.63, 3.8) is 0 Å². The van der Waals surface area contributed by atoms with Crippen LogP contribution in [-0.2, 0) is 0 Å². The van der Waals surface area contributed by atoms with Gasteiger partial charge in [-0.15, -0.1) is 0 Å². The Hall–Kier alpha value is -9.53. The summed E-state index contributed by atoms with van der Waals surface area (Å²) in [6.07, 6.45) is 0. The normalized spacial score (nSPS) is 12.2. The number of furan rings is 1. The van der Waals surface area contributed by atoms with Gasteiger partial charge >= 0.3 is 0 Å². The van der Waals surface area contributed by atoms with E-state index in [2.05, 4.69) is 312 Å². The van der Waals surface area contributed by atoms with Crippen LogP contribution in [0, 0.1) is 0 Å². The van der Waals surface area contributed by atoms with Crippen LogP contribution in [0.15, 0.2) is 308 Å². The SMILES string of the molecule is c1ccc([Si](c2ccccc2)(c2ccccc2)c2cccc(-n3c4ccccc4c4c3ccc3c5ccccc5n(-c5cccc([Si](c6ccccc6)(c6ccccc6)c6ccc7oc8ccccc8c7c6)c5)c34)c2)cc1. The first kappa shape index (κ1) is 44.9. The average molecular weight is 1020 g/mol. The van der Waals surface area contributed by atoms with Gasteiger partial charge in [0.25, 0.3) is 0 Å². The third-order valence-electron chi connectivity index (χ3n) is 16.4. The van der Waals surface area contributed by atoms with Gasteiger partial charge in [-0.05, 0) is 96.1 Å². The highest BCUT2D eigenvalue weighted by Crippen LogP contribution is 2.42. The van der Waals surface area contributed by atoms with E-state index in [4.69, 9.17) is 4.42 Å². The molecule has 0 fully saturated rings. The maximum absolute atomic E-state index is 6.47. The molecule has 0 aliphatic carbocycles. The first-order chi connectivity index (χ1) is 38.2. The maximum atomic E-state index is 6.47. The van der Waals surface area contributed by atoms with Crippen LogP contribution in [0.25, 0.3) is 76.9 Å². The van der Waals surface area contributed by atoms with E-state index in [-0.39, 0.29) is 0 Å². The monoisotopic (exact) mass is 1010 g/mol. The van der Waals surface area contributed by atoms with Crippen molar-refractivity contribution in [1.82, 2.24) is 9.13 Å². The van der Waals surface area contributed by atoms with Gasteiger partial charge in [-0.1, -0.05) is 249 Å². The maximum Gasteiger partial charge on any atom is 0.179 e. The molecule has 3 nitrogen and oxygen atoms in total. The summed E-state index contributed by atoms with van der Waals surface area (Å²) < 4.78 is 11.5. The highest BCUT2D eigenvalue weighted by atomic mass is 28.3. The molecule has 0 spiro atoms. The second kappa shape index (κ2) is 18.1. The Morgan fingerprint density at radius 3 is 1.18 bits per heavy atom. The fraction of sp³-hybridized carbons (Fsp3) is 0. The molecule has 0 unspecified atom stereocenters. The summed E-state index contributed by atoms with van der Waals surface area (Å²) in [7, 11) is -5.88. The molecule has 0 aliphatic heterocycles. The fourth-order valence-corrected chi connectivity index (χ4v) is 22.8. The quantitative estimate of drug-likeness (QED) is 0.0989. The van der Waals surface area contributed by atoms with Crippen molar-refractivity contribution in [3.8, 4) is 11.4 Å². The molecule has 3 aromatic heterocycles. The number of hydrogen-bond donors (Lipinski definition) is 0. The molecule has 0 radical (unpaired) electrons. The Balaban J connectivity index is 1.00. The van der Waals surface area contributed by atoms with E-state index >= 15 is 0 Å². The van der Waals surface area contributed by atoms with E-state index in [1.807, 2.05) is 0 Å². The highest BCUT2D eigenvalue weighted by Gasteiger charge is 2.43. The second-order valence-electron chi connectivity index (χ2n) is 20.3. The summed E-state index contributed by atoms with van der Waals surface area (Å²) in [5.74, 6) is 0. The van der Waals surface area contributed by atoms with Gasteiger partial charge in [-0.25, -0.2) is 0 Å². The Kier molecular flexibility index (Phi) is 10.6. The topological polar surface area (TPSA) is 23.0 Å². The Bertz CT molecular complexity index is 4540. The van der Waals surface area contributed by atoms with E-state index in [0.717, 1.165) is 33.3 Å². The first-order valence-electron chi connectivity index (χ1n) is 26.6. The zero-order chi connectivity index (χ0) is 50.9. The lowest BCUT2D eigenvalue weighted by Crippen LogP contribution is -2.74. The zero-order valence-electron chi connectivity index (χ0n) is 42.2. The molecule has 0 aliphatic rings. The summed E-state index contributed by atoms with van der Waals surface area (Å²) in [6.45, 7) is 0. The molecule has 15 aromatic rings. The van der Waals surface area contributed by atoms with Gasteiger partial charge < -0.3 is 13.6 Å². The van der Waals surface area contributed by atoms with Gasteiger partial charge in [0, 0.05) is 43.7 Å². The third-order valence-corrected chi connectivity index (χ3v) is 25.9. The lowest BCUT2D eigenvalue weighted by Gasteiger charge is -2.34. The minimum absolute atomic E-state index is 0.901. The molecule has 15 rings (SSSR count). The molecule has 0 N–H and O–H groups in total. The number of aromatic nitrogens is 2. The zero-order valence-corrected chi connectivity index (χ0v) is 44.2. The number of benzene rings is 12. The lowest BCUT2D eigenvalue weighted by atomic mass is 10.1. The van der Waals surface area contributed by atoms with Crippen LogP contribution in [0.5, 0.6) is 0 Å². The van der Waals surface area contributed by atoms with Gasteiger partial charge in [0.2, 0.25) is 0 Å². The standard InChI is InChI=1S/C72H50N2OSi2/c1-6-26-53(27-7-1)76(54-28-8-2-9-29-54,55-30-10-3-11-31-55)58-36-22-24-51(48-58)73-67-42-20-17-40-64(67)71-68(73)46-45-63-61-38-16-19-41-66(61)74(72(63)71)52-25-23-37-59(49-52)77(56-32-12-4-13-33-56,57-34-14-5-15-35-57)60-44-47-70-65(50-60)62-39-18-21-43-69(62)75-70/h1-50H. The van der Waals surface area contributed by atoms with E-state index in [1.54, 1.807) is 0 Å². The number of para-hydroxylation sites is 3. The fourth-order valence-electron chi connectivity index (χ4n) is 13.2. The smallest absolute Gasteiger partial charge is 0.179 e. The molecular weight excluding hydrogens is 965 g/mol. The minimum atomic E-state index is -3.04. The largest absolute Gasteiger partial charge is 0.456 e. The average Bonchev–Trinajstić information content (AvgIpc) is 4.35.